The normalized spacial score (nSPS) is 15.7. The van der Waals surface area contributed by atoms with Gasteiger partial charge in [0.05, 0.1) is 29.3 Å². The number of likely N-dealkylation sites (N-methyl/N-ethyl adjacent to an activating group) is 1. The second-order valence-corrected chi connectivity index (χ2v) is 11.0. The lowest BCUT2D eigenvalue weighted by Crippen LogP contribution is -2.44. The minimum absolute atomic E-state index is 0.248. The number of hydrogen-bond donors (Lipinski definition) is 4. The van der Waals surface area contributed by atoms with Crippen LogP contribution in [0.15, 0.2) is 54.0 Å². The first-order chi connectivity index (χ1) is 19.6. The standard InChI is InChI=1S/C28H35N11O2/c1-6-10-38-26(40)19-17-29-27(32-25(19)39(38)23-9-7-8-22(31-23)28(2,3)41)30-18-15-20-24(33-34-36(20)5)21(16-18)37-13-11-35(4)12-14-37/h6-9,15-17,33-34,41H,1,10-14H2,2-5H3,(H,29,30,32). The highest BCUT2D eigenvalue weighted by Crippen LogP contribution is 2.41. The maximum atomic E-state index is 13.4. The van der Waals surface area contributed by atoms with Crippen LogP contribution in [0, 0.1) is 0 Å². The Bertz CT molecular complexity index is 1680. The van der Waals surface area contributed by atoms with Gasteiger partial charge < -0.3 is 20.2 Å². The Morgan fingerprint density at radius 2 is 1.88 bits per heavy atom. The number of hydrazine groups is 2. The maximum Gasteiger partial charge on any atom is 0.278 e. The van der Waals surface area contributed by atoms with Crippen LogP contribution in [-0.2, 0) is 12.1 Å². The van der Waals surface area contributed by atoms with Gasteiger partial charge >= 0.3 is 0 Å². The van der Waals surface area contributed by atoms with Gasteiger partial charge in [0.15, 0.2) is 11.5 Å². The minimum Gasteiger partial charge on any atom is -0.384 e. The largest absolute Gasteiger partial charge is 0.384 e. The molecule has 0 atom stereocenters. The Morgan fingerprint density at radius 1 is 1.12 bits per heavy atom. The zero-order valence-electron chi connectivity index (χ0n) is 23.7. The minimum atomic E-state index is -1.16. The summed E-state index contributed by atoms with van der Waals surface area (Å²) in [7, 11) is 4.09. The third-order valence-corrected chi connectivity index (χ3v) is 7.46. The van der Waals surface area contributed by atoms with Crippen molar-refractivity contribution >= 4 is 39.7 Å². The van der Waals surface area contributed by atoms with E-state index in [0.29, 0.717) is 28.5 Å². The maximum absolute atomic E-state index is 13.4. The molecule has 0 radical (unpaired) electrons. The molecule has 4 aromatic rings. The predicted octanol–water partition coefficient (Wildman–Crippen LogP) is 2.17. The molecule has 3 aromatic heterocycles. The summed E-state index contributed by atoms with van der Waals surface area (Å²) in [6, 6.07) is 9.45. The molecule has 0 unspecified atom stereocenters. The van der Waals surface area contributed by atoms with Crippen LogP contribution >= 0.6 is 0 Å². The molecule has 0 bridgehead atoms. The Kier molecular flexibility index (Phi) is 6.64. The van der Waals surface area contributed by atoms with Gasteiger partial charge in [-0.1, -0.05) is 12.1 Å². The van der Waals surface area contributed by atoms with Gasteiger partial charge in [0.1, 0.15) is 11.0 Å². The van der Waals surface area contributed by atoms with Gasteiger partial charge in [-0.3, -0.25) is 15.2 Å². The monoisotopic (exact) mass is 557 g/mol. The van der Waals surface area contributed by atoms with Gasteiger partial charge in [-0.05, 0) is 45.2 Å². The van der Waals surface area contributed by atoms with Crippen molar-refractivity contribution in [1.82, 2.24) is 34.8 Å². The van der Waals surface area contributed by atoms with Crippen LogP contribution in [-0.4, -0.2) is 74.6 Å². The molecular formula is C28H35N11O2. The van der Waals surface area contributed by atoms with Gasteiger partial charge in [0.25, 0.3) is 5.56 Å². The molecule has 13 nitrogen and oxygen atoms in total. The highest BCUT2D eigenvalue weighted by molar-refractivity contribution is 5.90. The smallest absolute Gasteiger partial charge is 0.278 e. The molecule has 1 saturated heterocycles. The van der Waals surface area contributed by atoms with Gasteiger partial charge in [-0.15, -0.1) is 12.1 Å². The van der Waals surface area contributed by atoms with Crippen LogP contribution in [0.1, 0.15) is 19.5 Å². The summed E-state index contributed by atoms with van der Waals surface area (Å²) in [6.45, 7) is 11.2. The molecule has 0 amide bonds. The predicted molar refractivity (Wildman–Crippen MR) is 161 cm³/mol. The molecule has 2 aliphatic heterocycles. The molecule has 41 heavy (non-hydrogen) atoms. The summed E-state index contributed by atoms with van der Waals surface area (Å²) in [5, 5.41) is 16.2. The van der Waals surface area contributed by atoms with Crippen molar-refractivity contribution < 1.29 is 5.11 Å². The van der Waals surface area contributed by atoms with E-state index in [1.807, 2.05) is 18.1 Å². The molecule has 0 spiro atoms. The fourth-order valence-electron chi connectivity index (χ4n) is 5.19. The van der Waals surface area contributed by atoms with E-state index >= 15 is 0 Å². The summed E-state index contributed by atoms with van der Waals surface area (Å²) in [6.07, 6.45) is 3.18. The highest BCUT2D eigenvalue weighted by atomic mass is 16.3. The number of aromatic nitrogens is 5. The molecule has 0 saturated carbocycles. The number of anilines is 5. The van der Waals surface area contributed by atoms with Crippen molar-refractivity contribution in [2.45, 2.75) is 26.0 Å². The first-order valence-corrected chi connectivity index (χ1v) is 13.6. The Morgan fingerprint density at radius 3 is 2.61 bits per heavy atom. The average Bonchev–Trinajstić information content (AvgIpc) is 3.45. The van der Waals surface area contributed by atoms with Crippen LogP contribution < -0.4 is 31.7 Å². The molecule has 1 fully saturated rings. The van der Waals surface area contributed by atoms with Crippen LogP contribution in [0.5, 0.6) is 0 Å². The zero-order chi connectivity index (χ0) is 28.9. The van der Waals surface area contributed by atoms with Crippen molar-refractivity contribution in [3.05, 3.63) is 65.2 Å². The molecular weight excluding hydrogens is 522 g/mol. The number of fused-ring (bicyclic) bond motifs is 2. The van der Waals surface area contributed by atoms with Crippen molar-refractivity contribution in [3.63, 3.8) is 0 Å². The second kappa shape index (κ2) is 10.2. The lowest BCUT2D eigenvalue weighted by Gasteiger charge is -2.35. The Hall–Kier alpha value is -4.46. The number of allylic oxidation sites excluding steroid dienone is 1. The molecule has 6 rings (SSSR count). The lowest BCUT2D eigenvalue weighted by molar-refractivity contribution is 0.0738. The van der Waals surface area contributed by atoms with Crippen LogP contribution in [0.2, 0.25) is 0 Å². The van der Waals surface area contributed by atoms with Gasteiger partial charge in [-0.25, -0.2) is 19.3 Å². The van der Waals surface area contributed by atoms with E-state index in [1.54, 1.807) is 42.8 Å². The van der Waals surface area contributed by atoms with Crippen molar-refractivity contribution in [2.24, 2.45) is 0 Å². The van der Waals surface area contributed by atoms with Crippen LogP contribution in [0.3, 0.4) is 0 Å². The first kappa shape index (κ1) is 26.7. The molecule has 13 heteroatoms. The summed E-state index contributed by atoms with van der Waals surface area (Å²) < 4.78 is 3.17. The number of pyridine rings is 1. The van der Waals surface area contributed by atoms with Gasteiger partial charge in [-0.2, -0.15) is 4.98 Å². The zero-order valence-corrected chi connectivity index (χ0v) is 23.7. The number of hydrogen-bond acceptors (Lipinski definition) is 11. The number of aliphatic hydroxyl groups is 1. The van der Waals surface area contributed by atoms with E-state index in [0.717, 1.165) is 48.9 Å². The molecule has 1 aromatic carbocycles. The van der Waals surface area contributed by atoms with Crippen molar-refractivity contribution in [3.8, 4) is 5.82 Å². The number of benzene rings is 1. The first-order valence-electron chi connectivity index (χ1n) is 13.6. The Balaban J connectivity index is 1.44. The summed E-state index contributed by atoms with van der Waals surface area (Å²) >= 11 is 0. The second-order valence-electron chi connectivity index (χ2n) is 11.0. The van der Waals surface area contributed by atoms with E-state index in [4.69, 9.17) is 4.98 Å². The quantitative estimate of drug-likeness (QED) is 0.249. The molecule has 214 valence electrons. The fourth-order valence-corrected chi connectivity index (χ4v) is 5.19. The third kappa shape index (κ3) is 4.88. The lowest BCUT2D eigenvalue weighted by atomic mass is 10.1. The van der Waals surface area contributed by atoms with E-state index < -0.39 is 5.60 Å². The van der Waals surface area contributed by atoms with E-state index in [9.17, 15) is 9.90 Å². The van der Waals surface area contributed by atoms with Crippen molar-refractivity contribution in [2.75, 3.05) is 60.9 Å². The average molecular weight is 558 g/mol. The summed E-state index contributed by atoms with van der Waals surface area (Å²) in [5.41, 5.74) is 9.83. The van der Waals surface area contributed by atoms with Crippen LogP contribution in [0.4, 0.5) is 28.7 Å². The van der Waals surface area contributed by atoms with E-state index in [2.05, 4.69) is 55.7 Å². The topological polar surface area (TPSA) is 132 Å². The molecule has 2 aliphatic rings. The number of nitrogens with one attached hydrogen (secondary N) is 3. The highest BCUT2D eigenvalue weighted by Gasteiger charge is 2.26. The number of piperazine rings is 1. The van der Waals surface area contributed by atoms with Crippen molar-refractivity contribution in [1.29, 1.82) is 0 Å². The summed E-state index contributed by atoms with van der Waals surface area (Å²) in [4.78, 5) is 32.0. The third-order valence-electron chi connectivity index (χ3n) is 7.46. The van der Waals surface area contributed by atoms with Gasteiger partial charge in [0, 0.05) is 45.1 Å². The van der Waals surface area contributed by atoms with Crippen LogP contribution in [0.25, 0.3) is 16.9 Å². The Labute approximate surface area is 237 Å². The number of nitrogens with zero attached hydrogens (tertiary/aromatic N) is 8. The van der Waals surface area contributed by atoms with E-state index in [-0.39, 0.29) is 12.1 Å². The summed E-state index contributed by atoms with van der Waals surface area (Å²) in [5.74, 6) is 0.795. The SMILES string of the molecule is C=CCn1c(=O)c2cnc(Nc3cc(N4CCN(C)CC4)c4c(c3)N(C)NN4)nc2n1-c1cccc(C(C)(C)O)n1. The fraction of sp³-hybridized carbons (Fsp3) is 0.357. The van der Waals surface area contributed by atoms with Gasteiger partial charge in [0.2, 0.25) is 5.95 Å². The molecule has 5 heterocycles. The number of rotatable bonds is 7. The molecule has 4 N–H and O–H groups in total. The molecule has 0 aliphatic carbocycles. The van der Waals surface area contributed by atoms with E-state index in [1.165, 1.54) is 10.9 Å².